The van der Waals surface area contributed by atoms with Crippen molar-refractivity contribution >= 4 is 60.4 Å². The highest BCUT2D eigenvalue weighted by atomic mass is 15.1. The molecule has 0 spiro atoms. The topological polar surface area (TPSA) is 8.17 Å². The lowest BCUT2D eigenvalue weighted by Gasteiger charge is -2.35. The van der Waals surface area contributed by atoms with Gasteiger partial charge >= 0.3 is 0 Å². The van der Waals surface area contributed by atoms with Gasteiger partial charge < -0.3 is 9.47 Å². The van der Waals surface area contributed by atoms with E-state index in [0.717, 1.165) is 11.4 Å². The highest BCUT2D eigenvalue weighted by molar-refractivity contribution is 6.20. The van der Waals surface area contributed by atoms with E-state index in [4.69, 9.17) is 0 Å². The molecule has 1 aromatic heterocycles. The van der Waals surface area contributed by atoms with Crippen LogP contribution in [0.15, 0.2) is 243 Å². The summed E-state index contributed by atoms with van der Waals surface area (Å²) >= 11 is 0. The second-order valence-electron chi connectivity index (χ2n) is 16.9. The van der Waals surface area contributed by atoms with Gasteiger partial charge in [-0.25, -0.2) is 0 Å². The maximum atomic E-state index is 2.49. The van der Waals surface area contributed by atoms with Gasteiger partial charge in [-0.05, 0) is 145 Å². The summed E-state index contributed by atoms with van der Waals surface area (Å²) in [5.41, 5.74) is 19.4. The second-order valence-corrected chi connectivity index (χ2v) is 16.9. The second kappa shape index (κ2) is 14.6. The summed E-state index contributed by atoms with van der Waals surface area (Å²) in [6.07, 6.45) is 0. The van der Waals surface area contributed by atoms with Gasteiger partial charge in [0.05, 0.1) is 16.7 Å². The minimum Gasteiger partial charge on any atom is -0.309 e. The predicted octanol–water partition coefficient (Wildman–Crippen LogP) is 17.2. The Morgan fingerprint density at radius 1 is 0.281 bits per heavy atom. The lowest BCUT2D eigenvalue weighted by molar-refractivity contribution is 1.18. The van der Waals surface area contributed by atoms with Crippen molar-refractivity contribution in [1.82, 2.24) is 4.57 Å². The number of fused-ring (bicyclic) bond motifs is 9. The van der Waals surface area contributed by atoms with Gasteiger partial charge in [0.1, 0.15) is 0 Å². The van der Waals surface area contributed by atoms with Crippen LogP contribution in [0.4, 0.5) is 17.1 Å². The first-order chi connectivity index (χ1) is 31.7. The minimum absolute atomic E-state index is 1.11. The molecular formula is C62H40N2. The summed E-state index contributed by atoms with van der Waals surface area (Å²) in [6, 6.07) is 88.9. The summed E-state index contributed by atoms with van der Waals surface area (Å²) in [6.45, 7) is 0. The van der Waals surface area contributed by atoms with E-state index in [-0.39, 0.29) is 0 Å². The first kappa shape index (κ1) is 36.2. The van der Waals surface area contributed by atoms with E-state index in [2.05, 4.69) is 252 Å². The molecule has 64 heavy (non-hydrogen) atoms. The fourth-order valence-corrected chi connectivity index (χ4v) is 10.2. The number of rotatable bonds is 7. The molecule has 0 bridgehead atoms. The van der Waals surface area contributed by atoms with E-state index in [9.17, 15) is 0 Å². The fourth-order valence-electron chi connectivity index (χ4n) is 10.2. The monoisotopic (exact) mass is 812 g/mol. The van der Waals surface area contributed by atoms with E-state index in [1.54, 1.807) is 0 Å². The van der Waals surface area contributed by atoms with Crippen molar-refractivity contribution in [3.05, 3.63) is 243 Å². The molecule has 0 saturated carbocycles. The third-order valence-electron chi connectivity index (χ3n) is 13.3. The molecule has 1 aliphatic rings. The summed E-state index contributed by atoms with van der Waals surface area (Å²) < 4.78 is 2.38. The third kappa shape index (κ3) is 5.81. The van der Waals surface area contributed by atoms with Crippen LogP contribution in [0.5, 0.6) is 0 Å². The van der Waals surface area contributed by atoms with Gasteiger partial charge in [-0.3, -0.25) is 0 Å². The Morgan fingerprint density at radius 3 is 1.50 bits per heavy atom. The van der Waals surface area contributed by atoms with Gasteiger partial charge in [-0.1, -0.05) is 164 Å². The van der Waals surface area contributed by atoms with Crippen LogP contribution < -0.4 is 4.90 Å². The van der Waals surface area contributed by atoms with Crippen LogP contribution in [-0.2, 0) is 0 Å². The van der Waals surface area contributed by atoms with Crippen LogP contribution in [-0.4, -0.2) is 4.57 Å². The third-order valence-corrected chi connectivity index (χ3v) is 13.3. The summed E-state index contributed by atoms with van der Waals surface area (Å²) in [5.74, 6) is 0. The average Bonchev–Trinajstić information content (AvgIpc) is 3.70. The number of para-hydroxylation sites is 2. The number of aromatic nitrogens is 1. The maximum Gasteiger partial charge on any atom is 0.0624 e. The van der Waals surface area contributed by atoms with E-state index in [1.807, 2.05) is 0 Å². The molecule has 12 aromatic rings. The van der Waals surface area contributed by atoms with Crippen LogP contribution in [0.25, 0.3) is 105 Å². The van der Waals surface area contributed by atoms with Crippen LogP contribution >= 0.6 is 0 Å². The molecule has 0 fully saturated rings. The Kier molecular flexibility index (Phi) is 8.25. The smallest absolute Gasteiger partial charge is 0.0624 e. The van der Waals surface area contributed by atoms with Crippen LogP contribution in [0, 0.1) is 0 Å². The standard InChI is InChI=1S/C62H40N2/c1-4-14-41(15-5-1)43-26-31-51(32-27-43)63(52-33-28-44(29-34-52)46-30-35-60-56(38-46)54-22-12-13-23-59(54)64(60)50-19-8-3-9-20-50)62-53-21-11-10-18-48(53)39-57-55-37-47-25-24-45(42-16-6-2-7-17-42)36-49(47)40-58(55)61(57)62/h1-40H. The van der Waals surface area contributed by atoms with Gasteiger partial charge in [-0.15, -0.1) is 0 Å². The lowest BCUT2D eigenvalue weighted by atomic mass is 9.76. The lowest BCUT2D eigenvalue weighted by Crippen LogP contribution is -2.15. The van der Waals surface area contributed by atoms with Gasteiger partial charge in [0.25, 0.3) is 0 Å². The largest absolute Gasteiger partial charge is 0.309 e. The van der Waals surface area contributed by atoms with Crippen molar-refractivity contribution in [3.8, 4) is 61.3 Å². The molecule has 2 heteroatoms. The van der Waals surface area contributed by atoms with E-state index in [1.165, 1.54) is 110 Å². The van der Waals surface area contributed by atoms with Crippen molar-refractivity contribution in [2.24, 2.45) is 0 Å². The molecule has 2 nitrogen and oxygen atoms in total. The van der Waals surface area contributed by atoms with E-state index < -0.39 is 0 Å². The maximum absolute atomic E-state index is 2.49. The van der Waals surface area contributed by atoms with E-state index >= 15 is 0 Å². The SMILES string of the molecule is c1ccc(-c2ccc(N(c3ccc(-c4ccc5c(c4)c4ccccc4n5-c4ccccc4)cc3)c3c4c(cc5ccccc35)-c3cc5ccc(-c6ccccc6)cc5cc3-4)cc2)cc1. The Bertz CT molecular complexity index is 3740. The zero-order valence-electron chi connectivity index (χ0n) is 35.0. The zero-order valence-corrected chi connectivity index (χ0v) is 35.0. The highest BCUT2D eigenvalue weighted by Crippen LogP contribution is 2.58. The molecule has 0 amide bonds. The van der Waals surface area contributed by atoms with Crippen molar-refractivity contribution < 1.29 is 0 Å². The van der Waals surface area contributed by atoms with E-state index in [0.29, 0.717) is 0 Å². The van der Waals surface area contributed by atoms with Crippen molar-refractivity contribution in [2.75, 3.05) is 4.90 Å². The summed E-state index contributed by atoms with van der Waals surface area (Å²) in [5, 5.41) is 7.46. The first-order valence-electron chi connectivity index (χ1n) is 22.1. The first-order valence-corrected chi connectivity index (χ1v) is 22.1. The minimum atomic E-state index is 1.11. The number of hydrogen-bond donors (Lipinski definition) is 0. The Hall–Kier alpha value is -8.46. The normalized spacial score (nSPS) is 11.8. The predicted molar refractivity (Wildman–Crippen MR) is 271 cm³/mol. The molecule has 0 atom stereocenters. The molecule has 0 aliphatic heterocycles. The molecule has 0 radical (unpaired) electrons. The molecule has 0 saturated heterocycles. The van der Waals surface area contributed by atoms with Gasteiger partial charge in [0.15, 0.2) is 0 Å². The van der Waals surface area contributed by atoms with Gasteiger partial charge in [0.2, 0.25) is 0 Å². The van der Waals surface area contributed by atoms with Crippen LogP contribution in [0.2, 0.25) is 0 Å². The quantitative estimate of drug-likeness (QED) is 0.156. The van der Waals surface area contributed by atoms with Crippen molar-refractivity contribution in [3.63, 3.8) is 0 Å². The number of nitrogens with zero attached hydrogens (tertiary/aromatic N) is 2. The van der Waals surface area contributed by atoms with Gasteiger partial charge in [-0.2, -0.15) is 0 Å². The highest BCUT2D eigenvalue weighted by Gasteiger charge is 2.31. The van der Waals surface area contributed by atoms with Crippen LogP contribution in [0.1, 0.15) is 0 Å². The van der Waals surface area contributed by atoms with Crippen LogP contribution in [0.3, 0.4) is 0 Å². The Labute approximate surface area is 372 Å². The van der Waals surface area contributed by atoms with Crippen molar-refractivity contribution in [1.29, 1.82) is 0 Å². The molecule has 13 rings (SSSR count). The summed E-state index contributed by atoms with van der Waals surface area (Å²) in [4.78, 5) is 2.49. The Balaban J connectivity index is 0.974. The molecule has 0 unspecified atom stereocenters. The number of anilines is 3. The van der Waals surface area contributed by atoms with Gasteiger partial charge in [0, 0.05) is 38.8 Å². The average molecular weight is 813 g/mol. The molecule has 11 aromatic carbocycles. The molecule has 0 N–H and O–H groups in total. The zero-order chi connectivity index (χ0) is 42.1. The Morgan fingerprint density at radius 2 is 0.781 bits per heavy atom. The fraction of sp³-hybridized carbons (Fsp3) is 0. The molecule has 298 valence electrons. The molecular weight excluding hydrogens is 773 g/mol. The number of hydrogen-bond acceptors (Lipinski definition) is 1. The molecule has 1 aliphatic carbocycles. The summed E-state index contributed by atoms with van der Waals surface area (Å²) in [7, 11) is 0. The molecule has 1 heterocycles. The number of benzene rings is 11. The van der Waals surface area contributed by atoms with Crippen molar-refractivity contribution in [2.45, 2.75) is 0 Å².